The molecule has 1 unspecified atom stereocenters. The van der Waals surface area contributed by atoms with Gasteiger partial charge in [0, 0.05) is 0 Å². The van der Waals surface area contributed by atoms with Crippen LogP contribution in [0.2, 0.25) is 0 Å². The van der Waals surface area contributed by atoms with Gasteiger partial charge in [-0.1, -0.05) is 44.2 Å². The molecule has 2 aliphatic rings. The zero-order chi connectivity index (χ0) is 29.8. The summed E-state index contributed by atoms with van der Waals surface area (Å²) in [5.41, 5.74) is 1.21. The molecule has 0 bridgehead atoms. The Morgan fingerprint density at radius 1 is 0.825 bits per heavy atom. The highest BCUT2D eigenvalue weighted by Crippen LogP contribution is 2.45. The van der Waals surface area contributed by atoms with Gasteiger partial charge in [0.2, 0.25) is 0 Å². The molecule has 1 atom stereocenters. The second-order valence-corrected chi connectivity index (χ2v) is 14.1. The minimum absolute atomic E-state index is 0.0412. The Hall–Kier alpha value is -2.60. The third-order valence-corrected chi connectivity index (χ3v) is 7.91. The Morgan fingerprint density at radius 3 is 1.88 bits per heavy atom. The van der Waals surface area contributed by atoms with Gasteiger partial charge in [0.1, 0.15) is 23.6 Å². The van der Waals surface area contributed by atoms with E-state index in [9.17, 15) is 9.59 Å². The normalized spacial score (nSPS) is 23.8. The predicted molar refractivity (Wildman–Crippen MR) is 158 cm³/mol. The number of rotatable bonds is 9. The van der Waals surface area contributed by atoms with Crippen molar-refractivity contribution in [1.29, 1.82) is 0 Å². The van der Waals surface area contributed by atoms with Gasteiger partial charge in [-0.05, 0) is 121 Å². The van der Waals surface area contributed by atoms with E-state index in [1.165, 1.54) is 24.0 Å². The van der Waals surface area contributed by atoms with Crippen LogP contribution < -0.4 is 4.74 Å². The Morgan fingerprint density at radius 2 is 1.38 bits per heavy atom. The third kappa shape index (κ3) is 9.50. The summed E-state index contributed by atoms with van der Waals surface area (Å²) in [7, 11) is 0. The summed E-state index contributed by atoms with van der Waals surface area (Å²) in [5, 5.41) is 0. The van der Waals surface area contributed by atoms with E-state index in [0.29, 0.717) is 17.6 Å². The predicted octanol–water partition coefficient (Wildman–Crippen LogP) is 7.49. The minimum atomic E-state index is -0.518. The average Bonchev–Trinajstić information content (AvgIpc) is 2.85. The number of carbonyl (C=O) groups excluding carboxylic acids is 2. The number of carbonyl (C=O) groups is 2. The maximum absolute atomic E-state index is 12.1. The van der Waals surface area contributed by atoms with Gasteiger partial charge in [0.05, 0.1) is 5.60 Å². The second-order valence-electron chi connectivity index (χ2n) is 14.1. The van der Waals surface area contributed by atoms with Gasteiger partial charge in [-0.3, -0.25) is 0 Å². The fraction of sp³-hybridized carbons (Fsp3) is 0.647. The smallest absolute Gasteiger partial charge is 0.344 e. The zero-order valence-corrected chi connectivity index (χ0v) is 26.1. The maximum Gasteiger partial charge on any atom is 0.344 e. The number of allylic oxidation sites excluding steroid dienone is 2. The van der Waals surface area contributed by atoms with Crippen molar-refractivity contribution in [2.75, 3.05) is 13.2 Å². The molecule has 6 heteroatoms. The molecule has 40 heavy (non-hydrogen) atoms. The summed E-state index contributed by atoms with van der Waals surface area (Å²) in [6.07, 6.45) is 12.0. The van der Waals surface area contributed by atoms with Crippen molar-refractivity contribution >= 4 is 11.9 Å². The van der Waals surface area contributed by atoms with Gasteiger partial charge >= 0.3 is 11.9 Å². The van der Waals surface area contributed by atoms with E-state index in [4.69, 9.17) is 18.9 Å². The van der Waals surface area contributed by atoms with Crippen molar-refractivity contribution in [3.05, 3.63) is 53.6 Å². The lowest BCUT2D eigenvalue weighted by molar-refractivity contribution is -0.164. The van der Waals surface area contributed by atoms with Gasteiger partial charge < -0.3 is 18.9 Å². The monoisotopic (exact) mass is 554 g/mol. The molecule has 1 aromatic carbocycles. The van der Waals surface area contributed by atoms with Crippen molar-refractivity contribution in [1.82, 2.24) is 0 Å². The van der Waals surface area contributed by atoms with Crippen LogP contribution in [0.3, 0.4) is 0 Å². The summed E-state index contributed by atoms with van der Waals surface area (Å²) >= 11 is 0. The molecule has 0 radical (unpaired) electrons. The van der Waals surface area contributed by atoms with Crippen molar-refractivity contribution < 1.29 is 28.5 Å². The van der Waals surface area contributed by atoms with Crippen LogP contribution in [0.15, 0.2) is 48.1 Å². The van der Waals surface area contributed by atoms with Gasteiger partial charge in [0.25, 0.3) is 0 Å². The fourth-order valence-corrected chi connectivity index (χ4v) is 5.61. The summed E-state index contributed by atoms with van der Waals surface area (Å²) in [4.78, 5) is 24.0. The first-order chi connectivity index (χ1) is 18.5. The molecular formula is C34H50O6. The quantitative estimate of drug-likeness (QED) is 0.295. The molecule has 0 amide bonds. The van der Waals surface area contributed by atoms with Crippen LogP contribution in [-0.4, -0.2) is 42.0 Å². The van der Waals surface area contributed by atoms with Gasteiger partial charge in [0.15, 0.2) is 6.61 Å². The highest BCUT2D eigenvalue weighted by Gasteiger charge is 2.36. The van der Waals surface area contributed by atoms with Crippen molar-refractivity contribution in [2.45, 2.75) is 117 Å². The van der Waals surface area contributed by atoms with E-state index in [2.05, 4.69) is 44.2 Å². The summed E-state index contributed by atoms with van der Waals surface area (Å²) in [5.74, 6) is 1.12. The Kier molecular flexibility index (Phi) is 9.98. The molecule has 0 heterocycles. The first kappa shape index (κ1) is 31.9. The molecule has 0 spiro atoms. The van der Waals surface area contributed by atoms with Gasteiger partial charge in [-0.15, -0.1) is 0 Å². The van der Waals surface area contributed by atoms with Crippen LogP contribution in [0.1, 0.15) is 100.0 Å². The van der Waals surface area contributed by atoms with E-state index in [-0.39, 0.29) is 30.6 Å². The summed E-state index contributed by atoms with van der Waals surface area (Å²) in [6, 6.07) is 8.15. The molecule has 6 nitrogen and oxygen atoms in total. The number of hydrogen-bond acceptors (Lipinski definition) is 6. The summed E-state index contributed by atoms with van der Waals surface area (Å²) in [6.45, 7) is 17.7. The molecule has 2 aliphatic carbocycles. The van der Waals surface area contributed by atoms with Crippen LogP contribution in [-0.2, 0) is 29.2 Å². The fourth-order valence-electron chi connectivity index (χ4n) is 5.61. The molecule has 3 rings (SSSR count). The summed E-state index contributed by atoms with van der Waals surface area (Å²) < 4.78 is 22.3. The first-order valence-corrected chi connectivity index (χ1v) is 14.7. The molecule has 1 aromatic rings. The first-order valence-electron chi connectivity index (χ1n) is 14.7. The number of esters is 2. The number of hydrogen-bond donors (Lipinski definition) is 0. The Labute approximate surface area is 241 Å². The van der Waals surface area contributed by atoms with Gasteiger partial charge in [-0.25, -0.2) is 9.59 Å². The van der Waals surface area contributed by atoms with E-state index in [1.54, 1.807) is 0 Å². The Balaban J connectivity index is 1.48. The molecule has 1 saturated carbocycles. The van der Waals surface area contributed by atoms with Crippen LogP contribution in [0.4, 0.5) is 0 Å². The van der Waals surface area contributed by atoms with Crippen LogP contribution in [0.25, 0.3) is 0 Å². The van der Waals surface area contributed by atoms with E-state index in [0.717, 1.165) is 19.3 Å². The molecule has 0 aromatic heterocycles. The molecule has 0 saturated heterocycles. The molecule has 0 N–H and O–H groups in total. The molecule has 1 fully saturated rings. The molecule has 0 aliphatic heterocycles. The minimum Gasteiger partial charge on any atom is -0.482 e. The number of ether oxygens (including phenoxy) is 4. The largest absolute Gasteiger partial charge is 0.482 e. The van der Waals surface area contributed by atoms with Crippen molar-refractivity contribution in [2.24, 2.45) is 11.8 Å². The lowest BCUT2D eigenvalue weighted by atomic mass is 9.64. The SMILES string of the molecule is CC(C)(C)OC(=O)COc1ccc(C(C)(C)C2CCC(C3=CCC(C)(OCC(=O)OC(C)(C)C)C=C3)CC2)cc1. The van der Waals surface area contributed by atoms with E-state index in [1.807, 2.05) is 60.6 Å². The van der Waals surface area contributed by atoms with E-state index < -0.39 is 16.8 Å². The van der Waals surface area contributed by atoms with E-state index >= 15 is 0 Å². The second kappa shape index (κ2) is 12.5. The Bertz CT molecular complexity index is 1070. The lowest BCUT2D eigenvalue weighted by Gasteiger charge is -2.41. The topological polar surface area (TPSA) is 71.1 Å². The number of benzene rings is 1. The maximum atomic E-state index is 12.1. The van der Waals surface area contributed by atoms with Gasteiger partial charge in [-0.2, -0.15) is 0 Å². The zero-order valence-electron chi connectivity index (χ0n) is 26.1. The standard InChI is InChI=1S/C34H50O6/c1-31(2,3)39-29(35)22-37-28-16-14-27(15-17-28)33(7,8)26-12-10-24(11-13-26)25-18-20-34(9,21-19-25)38-23-30(36)40-32(4,5)6/h14-20,24,26H,10-13,21-23H2,1-9H3. The molecular weight excluding hydrogens is 504 g/mol. The third-order valence-electron chi connectivity index (χ3n) is 7.91. The highest BCUT2D eigenvalue weighted by molar-refractivity contribution is 5.71. The van der Waals surface area contributed by atoms with Crippen LogP contribution in [0, 0.1) is 11.8 Å². The average molecular weight is 555 g/mol. The lowest BCUT2D eigenvalue weighted by Crippen LogP contribution is -2.34. The van der Waals surface area contributed by atoms with Crippen LogP contribution >= 0.6 is 0 Å². The molecule has 222 valence electrons. The van der Waals surface area contributed by atoms with Crippen molar-refractivity contribution in [3.8, 4) is 5.75 Å². The van der Waals surface area contributed by atoms with Crippen molar-refractivity contribution in [3.63, 3.8) is 0 Å². The van der Waals surface area contributed by atoms with Crippen LogP contribution in [0.5, 0.6) is 5.75 Å². The highest BCUT2D eigenvalue weighted by atomic mass is 16.6.